The van der Waals surface area contributed by atoms with Crippen LogP contribution in [-0.4, -0.2) is 32.1 Å². The van der Waals surface area contributed by atoms with Gasteiger partial charge in [-0.05, 0) is 36.5 Å². The van der Waals surface area contributed by atoms with E-state index in [4.69, 9.17) is 4.74 Å². The van der Waals surface area contributed by atoms with Gasteiger partial charge in [-0.3, -0.25) is 4.79 Å². The van der Waals surface area contributed by atoms with Crippen LogP contribution in [0.1, 0.15) is 18.0 Å². The number of hydrogen-bond donors (Lipinski definition) is 0. The number of carbonyl (C=O) groups excluding carboxylic acids is 1. The van der Waals surface area contributed by atoms with Gasteiger partial charge in [0.1, 0.15) is 0 Å². The fourth-order valence-electron chi connectivity index (χ4n) is 2.07. The smallest absolute Gasteiger partial charge is 0.307 e. The molecular formula is C14H17NO2S. The number of esters is 1. The predicted octanol–water partition coefficient (Wildman–Crippen LogP) is 3.07. The Morgan fingerprint density at radius 1 is 1.39 bits per heavy atom. The minimum atomic E-state index is -0.177. The summed E-state index contributed by atoms with van der Waals surface area (Å²) >= 11 is 1.72. The molecule has 0 amide bonds. The van der Waals surface area contributed by atoms with Crippen LogP contribution in [0, 0.1) is 0 Å². The number of ether oxygens (including phenoxy) is 1. The average molecular weight is 263 g/mol. The van der Waals surface area contributed by atoms with Crippen LogP contribution >= 0.6 is 11.3 Å². The van der Waals surface area contributed by atoms with E-state index in [2.05, 4.69) is 22.4 Å². The zero-order chi connectivity index (χ0) is 13.1. The van der Waals surface area contributed by atoms with Crippen LogP contribution in [0.4, 0.5) is 0 Å². The van der Waals surface area contributed by atoms with Crippen molar-refractivity contribution in [1.82, 2.24) is 4.90 Å². The Morgan fingerprint density at radius 2 is 2.11 bits per heavy atom. The lowest BCUT2D eigenvalue weighted by Crippen LogP contribution is -2.23. The first-order chi connectivity index (χ1) is 8.63. The number of benzene rings is 1. The molecule has 0 aliphatic rings. The van der Waals surface area contributed by atoms with E-state index in [0.717, 1.165) is 0 Å². The van der Waals surface area contributed by atoms with Crippen molar-refractivity contribution in [2.45, 2.75) is 12.5 Å². The molecular weight excluding hydrogens is 246 g/mol. The summed E-state index contributed by atoms with van der Waals surface area (Å²) in [7, 11) is 5.40. The highest BCUT2D eigenvalue weighted by Gasteiger charge is 2.21. The Labute approximate surface area is 111 Å². The number of fused-ring (bicyclic) bond motifs is 1. The molecule has 0 aliphatic heterocycles. The van der Waals surface area contributed by atoms with Gasteiger partial charge in [-0.25, -0.2) is 0 Å². The van der Waals surface area contributed by atoms with E-state index >= 15 is 0 Å². The van der Waals surface area contributed by atoms with Crippen molar-refractivity contribution in [2.24, 2.45) is 0 Å². The molecule has 1 aromatic heterocycles. The molecule has 1 heterocycles. The van der Waals surface area contributed by atoms with Gasteiger partial charge in [0, 0.05) is 10.7 Å². The molecule has 0 spiro atoms. The van der Waals surface area contributed by atoms with Gasteiger partial charge in [0.25, 0.3) is 0 Å². The SMILES string of the molecule is COC(=O)CC(c1csc2ccccc12)N(C)C. The van der Waals surface area contributed by atoms with Crippen LogP contribution in [0.25, 0.3) is 10.1 Å². The van der Waals surface area contributed by atoms with Crippen molar-refractivity contribution >= 4 is 27.4 Å². The Kier molecular flexibility index (Phi) is 3.99. The molecule has 0 saturated heterocycles. The van der Waals surface area contributed by atoms with Gasteiger partial charge in [-0.2, -0.15) is 0 Å². The van der Waals surface area contributed by atoms with Gasteiger partial charge < -0.3 is 9.64 Å². The molecule has 2 aromatic rings. The molecule has 96 valence electrons. The molecule has 18 heavy (non-hydrogen) atoms. The topological polar surface area (TPSA) is 29.5 Å². The maximum Gasteiger partial charge on any atom is 0.307 e. The number of hydrogen-bond acceptors (Lipinski definition) is 4. The highest BCUT2D eigenvalue weighted by molar-refractivity contribution is 7.17. The van der Waals surface area contributed by atoms with Crippen LogP contribution in [0.3, 0.4) is 0 Å². The fraction of sp³-hybridized carbons (Fsp3) is 0.357. The van der Waals surface area contributed by atoms with Gasteiger partial charge in [-0.15, -0.1) is 11.3 Å². The summed E-state index contributed by atoms with van der Waals surface area (Å²) in [6.45, 7) is 0. The second kappa shape index (κ2) is 5.50. The number of methoxy groups -OCH3 is 1. The largest absolute Gasteiger partial charge is 0.469 e. The van der Waals surface area contributed by atoms with Crippen LogP contribution in [0.2, 0.25) is 0 Å². The highest BCUT2D eigenvalue weighted by Crippen LogP contribution is 2.34. The summed E-state index contributed by atoms with van der Waals surface area (Å²) in [6.07, 6.45) is 0.379. The van der Waals surface area contributed by atoms with E-state index in [1.54, 1.807) is 11.3 Å². The maximum absolute atomic E-state index is 11.5. The normalized spacial score (nSPS) is 12.9. The van der Waals surface area contributed by atoms with E-state index in [-0.39, 0.29) is 12.0 Å². The molecule has 0 radical (unpaired) electrons. The number of carbonyl (C=O) groups is 1. The van der Waals surface area contributed by atoms with Crippen molar-refractivity contribution in [1.29, 1.82) is 0 Å². The van der Waals surface area contributed by atoms with Crippen molar-refractivity contribution < 1.29 is 9.53 Å². The first-order valence-electron chi connectivity index (χ1n) is 5.83. The zero-order valence-electron chi connectivity index (χ0n) is 10.8. The molecule has 0 bridgehead atoms. The molecule has 1 aromatic carbocycles. The number of thiophene rings is 1. The van der Waals surface area contributed by atoms with E-state index in [1.807, 2.05) is 26.2 Å². The first-order valence-corrected chi connectivity index (χ1v) is 6.71. The van der Waals surface area contributed by atoms with Crippen molar-refractivity contribution in [3.8, 4) is 0 Å². The minimum absolute atomic E-state index is 0.0635. The van der Waals surface area contributed by atoms with Crippen LogP contribution in [0.5, 0.6) is 0 Å². The molecule has 1 unspecified atom stereocenters. The third-order valence-corrected chi connectivity index (χ3v) is 4.06. The van der Waals surface area contributed by atoms with Gasteiger partial charge in [0.15, 0.2) is 0 Å². The Bertz CT molecular complexity index is 547. The summed E-state index contributed by atoms with van der Waals surface area (Å²) < 4.78 is 6.03. The molecule has 0 aliphatic carbocycles. The van der Waals surface area contributed by atoms with Crippen LogP contribution in [0.15, 0.2) is 29.6 Å². The second-order valence-electron chi connectivity index (χ2n) is 4.45. The third-order valence-electron chi connectivity index (χ3n) is 3.08. The molecule has 0 saturated carbocycles. The Morgan fingerprint density at radius 3 is 2.78 bits per heavy atom. The lowest BCUT2D eigenvalue weighted by atomic mass is 10.0. The molecule has 3 nitrogen and oxygen atoms in total. The van der Waals surface area contributed by atoms with Crippen LogP contribution < -0.4 is 0 Å². The summed E-state index contributed by atoms with van der Waals surface area (Å²) in [5.74, 6) is -0.177. The monoisotopic (exact) mass is 263 g/mol. The second-order valence-corrected chi connectivity index (χ2v) is 5.36. The molecule has 0 fully saturated rings. The fourth-order valence-corrected chi connectivity index (χ4v) is 3.08. The zero-order valence-corrected chi connectivity index (χ0v) is 11.7. The molecule has 1 atom stereocenters. The standard InChI is InChI=1S/C14H17NO2S/c1-15(2)12(8-14(16)17-3)11-9-18-13-7-5-4-6-10(11)13/h4-7,9,12H,8H2,1-3H3. The third kappa shape index (κ3) is 2.54. The van der Waals surface area contributed by atoms with E-state index in [0.29, 0.717) is 6.42 Å². The summed E-state index contributed by atoms with van der Waals surface area (Å²) in [5.41, 5.74) is 1.20. The summed E-state index contributed by atoms with van der Waals surface area (Å²) in [5, 5.41) is 3.36. The highest BCUT2D eigenvalue weighted by atomic mass is 32.1. The lowest BCUT2D eigenvalue weighted by molar-refractivity contribution is -0.141. The molecule has 0 N–H and O–H groups in total. The predicted molar refractivity (Wildman–Crippen MR) is 74.9 cm³/mol. The van der Waals surface area contributed by atoms with Crippen molar-refractivity contribution in [3.05, 3.63) is 35.2 Å². The first kappa shape index (κ1) is 13.1. The summed E-state index contributed by atoms with van der Waals surface area (Å²) in [6, 6.07) is 8.34. The molecule has 2 rings (SSSR count). The van der Waals surface area contributed by atoms with E-state index in [9.17, 15) is 4.79 Å². The van der Waals surface area contributed by atoms with E-state index < -0.39 is 0 Å². The van der Waals surface area contributed by atoms with Crippen molar-refractivity contribution in [2.75, 3.05) is 21.2 Å². The van der Waals surface area contributed by atoms with Gasteiger partial charge in [0.2, 0.25) is 0 Å². The van der Waals surface area contributed by atoms with Gasteiger partial charge >= 0.3 is 5.97 Å². The Balaban J connectivity index is 2.39. The maximum atomic E-state index is 11.5. The van der Waals surface area contributed by atoms with Crippen molar-refractivity contribution in [3.63, 3.8) is 0 Å². The average Bonchev–Trinajstić information content (AvgIpc) is 2.79. The summed E-state index contributed by atoms with van der Waals surface area (Å²) in [4.78, 5) is 13.6. The molecule has 4 heteroatoms. The minimum Gasteiger partial charge on any atom is -0.469 e. The van der Waals surface area contributed by atoms with Gasteiger partial charge in [0.05, 0.1) is 13.5 Å². The Hall–Kier alpha value is -1.39. The number of nitrogens with zero attached hydrogens (tertiary/aromatic N) is 1. The lowest BCUT2D eigenvalue weighted by Gasteiger charge is -2.23. The quantitative estimate of drug-likeness (QED) is 0.794. The van der Waals surface area contributed by atoms with Gasteiger partial charge in [-0.1, -0.05) is 18.2 Å². The van der Waals surface area contributed by atoms with Crippen LogP contribution in [-0.2, 0) is 9.53 Å². The number of rotatable bonds is 4. The van der Waals surface area contributed by atoms with E-state index in [1.165, 1.54) is 22.8 Å².